The maximum atomic E-state index is 9.04. The average Bonchev–Trinajstić information content (AvgIpc) is 2.28. The van der Waals surface area contributed by atoms with Crippen molar-refractivity contribution in [3.8, 4) is 0 Å². The molecule has 1 atom stereocenters. The van der Waals surface area contributed by atoms with Gasteiger partial charge in [0.1, 0.15) is 11.5 Å². The molecule has 16 heavy (non-hydrogen) atoms. The first-order valence-corrected chi connectivity index (χ1v) is 8.09. The van der Waals surface area contributed by atoms with E-state index in [-0.39, 0.29) is 0 Å². The number of carbonyl (C=O) groups excluding carboxylic acids is 1. The molecule has 7 heteroatoms. The second-order valence-corrected chi connectivity index (χ2v) is 7.57. The maximum Gasteiger partial charge on any atom is 0.351 e. The summed E-state index contributed by atoms with van der Waals surface area (Å²) in [5.41, 5.74) is 5.44. The van der Waals surface area contributed by atoms with Crippen molar-refractivity contribution < 1.29 is 19.8 Å². The predicted molar refractivity (Wildman–Crippen MR) is 65.1 cm³/mol. The zero-order chi connectivity index (χ0) is 12.4. The lowest BCUT2D eigenvalue weighted by Crippen LogP contribution is -2.30. The first-order chi connectivity index (χ1) is 7.57. The summed E-state index contributed by atoms with van der Waals surface area (Å²) in [5, 5.41) is 16.3. The molecular weight excluding hydrogens is 250 g/mol. The van der Waals surface area contributed by atoms with Crippen molar-refractivity contribution in [2.24, 2.45) is 5.73 Å². The minimum absolute atomic E-state index is 0.692. The van der Waals surface area contributed by atoms with Gasteiger partial charge in [0.2, 0.25) is 0 Å². The van der Waals surface area contributed by atoms with Gasteiger partial charge in [0.25, 0.3) is 0 Å². The van der Waals surface area contributed by atoms with Crippen LogP contribution in [0.4, 0.5) is 0 Å². The topological polar surface area (TPSA) is 103 Å². The van der Waals surface area contributed by atoms with Gasteiger partial charge in [0.15, 0.2) is 5.97 Å². The average molecular weight is 267 g/mol. The van der Waals surface area contributed by atoms with Gasteiger partial charge in [0.05, 0.1) is 20.7 Å². The minimum atomic E-state index is -2.07. The molecule has 0 saturated carbocycles. The fourth-order valence-electron chi connectivity index (χ4n) is 1.01. The molecule has 1 saturated heterocycles. The predicted octanol–water partition coefficient (Wildman–Crippen LogP) is -0.784. The Bertz CT molecular complexity index is 208. The molecule has 0 aromatic heterocycles. The van der Waals surface area contributed by atoms with E-state index >= 15 is 0 Å². The highest BCUT2D eigenvalue weighted by Crippen LogP contribution is 2.25. The molecule has 1 aliphatic heterocycles. The molecule has 0 aromatic carbocycles. The van der Waals surface area contributed by atoms with Gasteiger partial charge in [-0.05, 0) is 19.4 Å². The lowest BCUT2D eigenvalue weighted by molar-refractivity contribution is -0.303. The summed E-state index contributed by atoms with van der Waals surface area (Å²) in [6.45, 7) is 0.879. The van der Waals surface area contributed by atoms with Crippen LogP contribution in [0.5, 0.6) is 0 Å². The van der Waals surface area contributed by atoms with E-state index in [1.165, 1.54) is 36.5 Å². The summed E-state index contributed by atoms with van der Waals surface area (Å²) in [7, 11) is 2.87. The molecule has 0 aliphatic carbocycles. The second kappa shape index (κ2) is 9.80. The summed E-state index contributed by atoms with van der Waals surface area (Å²) in [4.78, 5) is 18.0. The lowest BCUT2D eigenvalue weighted by Gasteiger charge is -2.10. The number of rotatable bonds is 3. The van der Waals surface area contributed by atoms with Gasteiger partial charge in [0, 0.05) is 12.2 Å². The fraction of sp³-hybridized carbons (Fsp3) is 0.778. The smallest absolute Gasteiger partial charge is 0.351 e. The summed E-state index contributed by atoms with van der Waals surface area (Å²) < 4.78 is 0. The van der Waals surface area contributed by atoms with Gasteiger partial charge in [-0.2, -0.15) is 0 Å². The van der Waals surface area contributed by atoms with Gasteiger partial charge < -0.3 is 20.7 Å². The Balaban J connectivity index is 0.000000325. The summed E-state index contributed by atoms with van der Waals surface area (Å²) >= 11 is 0. The zero-order valence-electron chi connectivity index (χ0n) is 9.02. The van der Waals surface area contributed by atoms with Crippen LogP contribution >= 0.6 is 10.8 Å². The monoisotopic (exact) mass is 267 g/mol. The van der Waals surface area contributed by atoms with E-state index < -0.39 is 11.9 Å². The standard InChI is InChI=1S/C7H16NS2.C2H2O4/c8-4-3-7-10-6-2-1-5-9-10;3-1(4)2(5)6/h1-8H2;(H,3,4)(H,5,6)/q+1;/p-1. The van der Waals surface area contributed by atoms with E-state index in [1.54, 1.807) is 0 Å². The number of hydrogen-bond donors (Lipinski definition) is 2. The van der Waals surface area contributed by atoms with Crippen LogP contribution in [-0.4, -0.2) is 40.8 Å². The van der Waals surface area contributed by atoms with Gasteiger partial charge >= 0.3 is 5.97 Å². The molecule has 1 aliphatic rings. The molecule has 0 radical (unpaired) electrons. The van der Waals surface area contributed by atoms with Crippen molar-refractivity contribution >= 4 is 32.7 Å². The van der Waals surface area contributed by atoms with Crippen LogP contribution in [0.3, 0.4) is 0 Å². The van der Waals surface area contributed by atoms with Crippen LogP contribution in [0, 0.1) is 0 Å². The number of hydrogen-bond acceptors (Lipinski definition) is 5. The highest BCUT2D eigenvalue weighted by molar-refractivity contribution is 8.74. The Kier molecular flexibility index (Phi) is 9.55. The van der Waals surface area contributed by atoms with Crippen LogP contribution < -0.4 is 10.8 Å². The van der Waals surface area contributed by atoms with E-state index in [2.05, 4.69) is 10.8 Å². The molecule has 0 bridgehead atoms. The Morgan fingerprint density at radius 2 is 2.06 bits per heavy atom. The maximum absolute atomic E-state index is 9.04. The first kappa shape index (κ1) is 15.6. The quantitative estimate of drug-likeness (QED) is 0.395. The highest BCUT2D eigenvalue weighted by Gasteiger charge is 2.22. The van der Waals surface area contributed by atoms with Crippen LogP contribution in [0.1, 0.15) is 19.3 Å². The molecule has 94 valence electrons. The molecule has 5 nitrogen and oxygen atoms in total. The van der Waals surface area contributed by atoms with Crippen molar-refractivity contribution in [1.82, 2.24) is 0 Å². The lowest BCUT2D eigenvalue weighted by atomic mass is 10.4. The van der Waals surface area contributed by atoms with Gasteiger partial charge in [-0.1, -0.05) is 0 Å². The van der Waals surface area contributed by atoms with Crippen LogP contribution in [0.15, 0.2) is 0 Å². The van der Waals surface area contributed by atoms with E-state index in [4.69, 9.17) is 25.5 Å². The molecule has 1 fully saturated rings. The van der Waals surface area contributed by atoms with Crippen molar-refractivity contribution in [3.05, 3.63) is 0 Å². The fourth-order valence-corrected chi connectivity index (χ4v) is 5.49. The second-order valence-electron chi connectivity index (χ2n) is 3.11. The van der Waals surface area contributed by atoms with Gasteiger partial charge in [-0.3, -0.25) is 0 Å². The van der Waals surface area contributed by atoms with Gasteiger partial charge in [-0.15, -0.1) is 0 Å². The van der Waals surface area contributed by atoms with Crippen molar-refractivity contribution in [1.29, 1.82) is 0 Å². The summed E-state index contributed by atoms with van der Waals surface area (Å²) in [6.07, 6.45) is 4.13. The Labute approximate surface area is 102 Å². The van der Waals surface area contributed by atoms with Crippen molar-refractivity contribution in [2.75, 3.05) is 23.8 Å². The zero-order valence-corrected chi connectivity index (χ0v) is 10.6. The molecule has 3 N–H and O–H groups in total. The number of carboxylic acids is 2. The Hall–Kier alpha value is -0.400. The molecule has 0 amide bonds. The van der Waals surface area contributed by atoms with E-state index in [9.17, 15) is 0 Å². The molecular formula is C9H17NO4S2. The summed E-state index contributed by atoms with van der Waals surface area (Å²) in [5.74, 6) is 0.226. The normalized spacial score (nSPS) is 19.4. The number of carboxylic acid groups (broad SMARTS) is 2. The van der Waals surface area contributed by atoms with E-state index in [1.807, 2.05) is 0 Å². The number of nitrogens with two attached hydrogens (primary N) is 1. The third-order valence-electron chi connectivity index (χ3n) is 1.77. The third-order valence-corrected chi connectivity index (χ3v) is 6.54. The first-order valence-electron chi connectivity index (χ1n) is 5.03. The van der Waals surface area contributed by atoms with Crippen LogP contribution in [0.25, 0.3) is 0 Å². The minimum Gasteiger partial charge on any atom is -0.539 e. The Morgan fingerprint density at radius 3 is 2.44 bits per heavy atom. The summed E-state index contributed by atoms with van der Waals surface area (Å²) in [6, 6.07) is 0. The van der Waals surface area contributed by atoms with Crippen molar-refractivity contribution in [3.63, 3.8) is 0 Å². The van der Waals surface area contributed by atoms with Crippen molar-refractivity contribution in [2.45, 2.75) is 19.3 Å². The van der Waals surface area contributed by atoms with E-state index in [0.717, 1.165) is 6.54 Å². The molecule has 1 heterocycles. The third kappa shape index (κ3) is 8.87. The SMILES string of the molecule is NCCC[S+]1CCCCS1.O=C([O-])C(=O)O. The molecule has 1 unspecified atom stereocenters. The Morgan fingerprint density at radius 1 is 1.44 bits per heavy atom. The van der Waals surface area contributed by atoms with Gasteiger partial charge in [-0.25, -0.2) is 4.79 Å². The largest absolute Gasteiger partial charge is 0.539 e. The number of aliphatic carboxylic acids is 2. The van der Waals surface area contributed by atoms with Crippen LogP contribution in [-0.2, 0) is 19.5 Å². The molecule has 1 rings (SSSR count). The molecule has 0 spiro atoms. The highest BCUT2D eigenvalue weighted by atomic mass is 33.1. The van der Waals surface area contributed by atoms with E-state index in [0.29, 0.717) is 9.93 Å². The number of carbonyl (C=O) groups is 2. The van der Waals surface area contributed by atoms with Crippen LogP contribution in [0.2, 0.25) is 0 Å². The molecule has 0 aromatic rings.